The number of likely N-dealkylation sites (N-methyl/N-ethyl adjacent to an activating group) is 1. The number of nitrogens with zero attached hydrogens (tertiary/aromatic N) is 2. The molecule has 6 heteroatoms. The minimum absolute atomic E-state index is 0.0445. The van der Waals surface area contributed by atoms with Crippen molar-refractivity contribution < 1.29 is 4.79 Å². The Balaban J connectivity index is 2.06. The number of carbonyl (C=O) groups excluding carboxylic acids is 1. The van der Waals surface area contributed by atoms with Gasteiger partial charge in [-0.25, -0.2) is 4.79 Å². The van der Waals surface area contributed by atoms with Gasteiger partial charge in [-0.3, -0.25) is 13.9 Å². The number of rotatable bonds is 6. The summed E-state index contributed by atoms with van der Waals surface area (Å²) in [5.74, 6) is -0.0445. The standard InChI is InChI=1S/C15H22N4O2/c1-11(16-2)10-17-14(20)8-9-19-13-7-5-4-6-12(13)18(3)15(19)21/h4-7,11,16H,8-10H2,1-3H3,(H,17,20). The van der Waals surface area contributed by atoms with Gasteiger partial charge in [0.15, 0.2) is 0 Å². The summed E-state index contributed by atoms with van der Waals surface area (Å²) in [6.45, 7) is 2.97. The van der Waals surface area contributed by atoms with Gasteiger partial charge in [-0.2, -0.15) is 0 Å². The molecule has 0 fully saturated rings. The van der Waals surface area contributed by atoms with Crippen LogP contribution in [0.3, 0.4) is 0 Å². The van der Waals surface area contributed by atoms with E-state index in [9.17, 15) is 9.59 Å². The number of aryl methyl sites for hydroxylation is 2. The second kappa shape index (κ2) is 6.58. The molecule has 0 spiro atoms. The van der Waals surface area contributed by atoms with Crippen molar-refractivity contribution >= 4 is 16.9 Å². The molecule has 0 aliphatic carbocycles. The second-order valence-electron chi connectivity index (χ2n) is 5.23. The monoisotopic (exact) mass is 290 g/mol. The number of hydrogen-bond acceptors (Lipinski definition) is 3. The Bertz CT molecular complexity index is 687. The Labute approximate surface area is 123 Å². The molecule has 2 rings (SSSR count). The summed E-state index contributed by atoms with van der Waals surface area (Å²) < 4.78 is 3.26. The van der Waals surface area contributed by atoms with E-state index >= 15 is 0 Å². The molecule has 0 saturated carbocycles. The van der Waals surface area contributed by atoms with Crippen LogP contribution in [-0.4, -0.2) is 34.7 Å². The molecule has 0 aliphatic heterocycles. The number of aromatic nitrogens is 2. The fourth-order valence-electron chi connectivity index (χ4n) is 2.25. The maximum absolute atomic E-state index is 12.2. The molecule has 1 aromatic heterocycles. The Morgan fingerprint density at radius 1 is 1.29 bits per heavy atom. The third kappa shape index (κ3) is 3.33. The number of carbonyl (C=O) groups is 1. The summed E-state index contributed by atoms with van der Waals surface area (Å²) >= 11 is 0. The first-order chi connectivity index (χ1) is 10.0. The molecule has 114 valence electrons. The largest absolute Gasteiger partial charge is 0.354 e. The maximum Gasteiger partial charge on any atom is 0.328 e. The van der Waals surface area contributed by atoms with Crippen LogP contribution in [0.2, 0.25) is 0 Å². The number of hydrogen-bond donors (Lipinski definition) is 2. The van der Waals surface area contributed by atoms with Crippen molar-refractivity contribution in [3.05, 3.63) is 34.7 Å². The maximum atomic E-state index is 12.2. The topological polar surface area (TPSA) is 68.1 Å². The third-order valence-electron chi connectivity index (χ3n) is 3.71. The summed E-state index contributed by atoms with van der Waals surface area (Å²) in [6.07, 6.45) is 0.296. The van der Waals surface area contributed by atoms with Gasteiger partial charge in [0, 0.05) is 32.6 Å². The molecule has 6 nitrogen and oxygen atoms in total. The molecule has 1 unspecified atom stereocenters. The molecule has 21 heavy (non-hydrogen) atoms. The Kier molecular flexibility index (Phi) is 4.80. The summed E-state index contributed by atoms with van der Waals surface area (Å²) in [5, 5.41) is 5.91. The molecular weight excluding hydrogens is 268 g/mol. The lowest BCUT2D eigenvalue weighted by Crippen LogP contribution is -2.37. The van der Waals surface area contributed by atoms with Gasteiger partial charge in [-0.1, -0.05) is 12.1 Å². The Morgan fingerprint density at radius 3 is 2.62 bits per heavy atom. The lowest BCUT2D eigenvalue weighted by molar-refractivity contribution is -0.121. The zero-order valence-corrected chi connectivity index (χ0v) is 12.7. The van der Waals surface area contributed by atoms with Crippen LogP contribution in [0.15, 0.2) is 29.1 Å². The molecule has 1 heterocycles. The van der Waals surface area contributed by atoms with Gasteiger partial charge in [-0.15, -0.1) is 0 Å². The summed E-state index contributed by atoms with van der Waals surface area (Å²) in [6, 6.07) is 7.83. The summed E-state index contributed by atoms with van der Waals surface area (Å²) in [7, 11) is 3.60. The van der Waals surface area contributed by atoms with Crippen LogP contribution in [-0.2, 0) is 18.4 Å². The molecule has 0 radical (unpaired) electrons. The van der Waals surface area contributed by atoms with Crippen LogP contribution in [0.1, 0.15) is 13.3 Å². The minimum atomic E-state index is -0.0902. The van der Waals surface area contributed by atoms with Gasteiger partial charge in [0.05, 0.1) is 11.0 Å². The van der Waals surface area contributed by atoms with Gasteiger partial charge in [0.25, 0.3) is 0 Å². The van der Waals surface area contributed by atoms with Gasteiger partial charge in [0.1, 0.15) is 0 Å². The molecule has 2 N–H and O–H groups in total. The van der Waals surface area contributed by atoms with Crippen molar-refractivity contribution in [3.63, 3.8) is 0 Å². The number of nitrogens with one attached hydrogen (secondary N) is 2. The highest BCUT2D eigenvalue weighted by atomic mass is 16.2. The Hall–Kier alpha value is -2.08. The first-order valence-corrected chi connectivity index (χ1v) is 7.12. The van der Waals surface area contributed by atoms with Crippen LogP contribution in [0.4, 0.5) is 0 Å². The highest BCUT2D eigenvalue weighted by Crippen LogP contribution is 2.11. The first-order valence-electron chi connectivity index (χ1n) is 7.12. The average Bonchev–Trinajstić information content (AvgIpc) is 2.75. The number of amides is 1. The molecule has 1 atom stereocenters. The van der Waals surface area contributed by atoms with Crippen LogP contribution in [0, 0.1) is 0 Å². The van der Waals surface area contributed by atoms with E-state index < -0.39 is 0 Å². The lowest BCUT2D eigenvalue weighted by Gasteiger charge is -2.11. The fourth-order valence-corrected chi connectivity index (χ4v) is 2.25. The SMILES string of the molecule is CNC(C)CNC(=O)CCn1c(=O)n(C)c2ccccc21. The van der Waals surface area contributed by atoms with Crippen molar-refractivity contribution in [2.45, 2.75) is 25.9 Å². The predicted octanol–water partition coefficient (Wildman–Crippen LogP) is 0.454. The Morgan fingerprint density at radius 2 is 1.95 bits per heavy atom. The van der Waals surface area contributed by atoms with Gasteiger partial charge in [0.2, 0.25) is 5.91 Å². The van der Waals surface area contributed by atoms with E-state index in [0.29, 0.717) is 19.5 Å². The van der Waals surface area contributed by atoms with Crippen LogP contribution < -0.4 is 16.3 Å². The van der Waals surface area contributed by atoms with Crippen molar-refractivity contribution in [3.8, 4) is 0 Å². The second-order valence-corrected chi connectivity index (χ2v) is 5.23. The zero-order chi connectivity index (χ0) is 15.4. The predicted molar refractivity (Wildman–Crippen MR) is 83.3 cm³/mol. The molecule has 0 aliphatic rings. The van der Waals surface area contributed by atoms with Gasteiger partial charge in [-0.05, 0) is 26.1 Å². The quantitative estimate of drug-likeness (QED) is 0.812. The average molecular weight is 290 g/mol. The van der Waals surface area contributed by atoms with E-state index in [2.05, 4.69) is 10.6 Å². The number of fused-ring (bicyclic) bond motifs is 1. The molecule has 0 bridgehead atoms. The fraction of sp³-hybridized carbons (Fsp3) is 0.467. The lowest BCUT2D eigenvalue weighted by atomic mass is 10.3. The van der Waals surface area contributed by atoms with E-state index in [4.69, 9.17) is 0 Å². The van der Waals surface area contributed by atoms with E-state index in [0.717, 1.165) is 11.0 Å². The first kappa shape index (κ1) is 15.3. The highest BCUT2D eigenvalue weighted by Gasteiger charge is 2.11. The van der Waals surface area contributed by atoms with Crippen molar-refractivity contribution in [2.75, 3.05) is 13.6 Å². The van der Waals surface area contributed by atoms with Gasteiger partial charge >= 0.3 is 5.69 Å². The molecule has 0 saturated heterocycles. The molecule has 2 aromatic rings. The molecule has 1 amide bonds. The minimum Gasteiger partial charge on any atom is -0.354 e. The van der Waals surface area contributed by atoms with Crippen molar-refractivity contribution in [2.24, 2.45) is 7.05 Å². The third-order valence-corrected chi connectivity index (χ3v) is 3.71. The van der Waals surface area contributed by atoms with Crippen molar-refractivity contribution in [1.82, 2.24) is 19.8 Å². The van der Waals surface area contributed by atoms with Crippen LogP contribution >= 0.6 is 0 Å². The normalized spacial score (nSPS) is 12.5. The van der Waals surface area contributed by atoms with E-state index in [1.165, 1.54) is 0 Å². The van der Waals surface area contributed by atoms with E-state index in [1.54, 1.807) is 16.2 Å². The number of imidazole rings is 1. The smallest absolute Gasteiger partial charge is 0.328 e. The number of benzene rings is 1. The summed E-state index contributed by atoms with van der Waals surface area (Å²) in [4.78, 5) is 24.0. The van der Waals surface area contributed by atoms with Gasteiger partial charge < -0.3 is 10.6 Å². The molecular formula is C15H22N4O2. The highest BCUT2D eigenvalue weighted by molar-refractivity contribution is 5.77. The van der Waals surface area contributed by atoms with E-state index in [1.807, 2.05) is 38.2 Å². The van der Waals surface area contributed by atoms with Crippen LogP contribution in [0.25, 0.3) is 11.0 Å². The van der Waals surface area contributed by atoms with E-state index in [-0.39, 0.29) is 17.6 Å². The zero-order valence-electron chi connectivity index (χ0n) is 12.7. The number of para-hydroxylation sites is 2. The summed E-state index contributed by atoms with van der Waals surface area (Å²) in [5.41, 5.74) is 1.65. The van der Waals surface area contributed by atoms with Crippen molar-refractivity contribution in [1.29, 1.82) is 0 Å². The van der Waals surface area contributed by atoms with Crippen LogP contribution in [0.5, 0.6) is 0 Å². The molecule has 1 aromatic carbocycles.